The highest BCUT2D eigenvalue weighted by Crippen LogP contribution is 2.27. The van der Waals surface area contributed by atoms with Crippen molar-refractivity contribution in [1.29, 1.82) is 0 Å². The normalized spacial score (nSPS) is 28.8. The van der Waals surface area contributed by atoms with E-state index in [4.69, 9.17) is 4.42 Å². The van der Waals surface area contributed by atoms with Crippen molar-refractivity contribution < 1.29 is 43.1 Å². The lowest BCUT2D eigenvalue weighted by Gasteiger charge is -2.31. The van der Waals surface area contributed by atoms with E-state index in [2.05, 4.69) is 31.9 Å². The highest BCUT2D eigenvalue weighted by atomic mass is 16.3. The number of aryl methyl sites for hydroxylation is 2. The van der Waals surface area contributed by atoms with Gasteiger partial charge in [0.05, 0.1) is 17.6 Å². The molecule has 16 heteroatoms. The first-order chi connectivity index (χ1) is 26.5. The molecule has 1 aromatic carbocycles. The standard InChI is InChI=1S/C40H55N7O9/c1-20(2)15-30-37(52)46-33(23(5)48)39(54)45-31(17-25-11-8-7-9-12-25)40(55)47-19-26(42-36(51)28-16-21(3)56-24(28)6)18-32(47)38(53)41-22(4)34(49)43-29-14-10-13-27(29)35(50)44-30/h7-9,11-12,16,20,22-23,26-27,29-33,48H,10,13-15,17-19H2,1-6H3,(H,41,53)(H,42,51)(H,43,49)(H,44,50)(H,45,54)(H,46,52)/t22-,23+,26+,27+,29+,30-,31-,32?,33-/m0/s1. The Bertz CT molecular complexity index is 1790. The number of fused-ring (bicyclic) bond motifs is 2. The van der Waals surface area contributed by atoms with Gasteiger partial charge in [-0.05, 0) is 70.9 Å². The first-order valence-electron chi connectivity index (χ1n) is 19.4. The Kier molecular flexibility index (Phi) is 13.6. The summed E-state index contributed by atoms with van der Waals surface area (Å²) in [6, 6.07) is 3.08. The summed E-state index contributed by atoms with van der Waals surface area (Å²) in [5.74, 6) is -4.04. The zero-order chi connectivity index (χ0) is 40.8. The van der Waals surface area contributed by atoms with Gasteiger partial charge in [0.15, 0.2) is 0 Å². The van der Waals surface area contributed by atoms with Gasteiger partial charge in [-0.3, -0.25) is 33.6 Å². The van der Waals surface area contributed by atoms with E-state index in [9.17, 15) is 38.7 Å². The highest BCUT2D eigenvalue weighted by Gasteiger charge is 2.45. The number of aliphatic hydroxyl groups is 1. The predicted molar refractivity (Wildman–Crippen MR) is 204 cm³/mol. The van der Waals surface area contributed by atoms with Crippen LogP contribution in [0.2, 0.25) is 0 Å². The van der Waals surface area contributed by atoms with E-state index < -0.39 is 95.7 Å². The van der Waals surface area contributed by atoms with Crippen molar-refractivity contribution in [3.8, 4) is 0 Å². The number of furan rings is 1. The quantitative estimate of drug-likeness (QED) is 0.208. The average molecular weight is 778 g/mol. The van der Waals surface area contributed by atoms with E-state index in [-0.39, 0.29) is 31.7 Å². The van der Waals surface area contributed by atoms with Crippen LogP contribution >= 0.6 is 0 Å². The molecule has 1 aliphatic carbocycles. The molecule has 0 spiro atoms. The number of benzene rings is 1. The van der Waals surface area contributed by atoms with Gasteiger partial charge in [0.25, 0.3) is 5.91 Å². The molecule has 16 nitrogen and oxygen atoms in total. The van der Waals surface area contributed by atoms with E-state index in [0.717, 1.165) is 0 Å². The van der Waals surface area contributed by atoms with Crippen LogP contribution < -0.4 is 31.9 Å². The van der Waals surface area contributed by atoms with Crippen molar-refractivity contribution in [3.63, 3.8) is 0 Å². The molecule has 9 atom stereocenters. The summed E-state index contributed by atoms with van der Waals surface area (Å²) in [5, 5.41) is 27.5. The third-order valence-corrected chi connectivity index (χ3v) is 10.7. The Labute approximate surface area is 326 Å². The van der Waals surface area contributed by atoms with Crippen LogP contribution in [0, 0.1) is 25.7 Å². The van der Waals surface area contributed by atoms with Crippen LogP contribution in [-0.2, 0) is 35.2 Å². The lowest BCUT2D eigenvalue weighted by molar-refractivity contribution is -0.143. The average Bonchev–Trinajstić information content (AvgIpc) is 3.87. The molecule has 2 saturated heterocycles. The van der Waals surface area contributed by atoms with Crippen molar-refractivity contribution in [2.75, 3.05) is 6.54 Å². The molecule has 1 saturated carbocycles. The van der Waals surface area contributed by atoms with E-state index in [1.807, 2.05) is 13.8 Å². The number of nitrogens with zero attached hydrogens (tertiary/aromatic N) is 1. The van der Waals surface area contributed by atoms with E-state index in [0.29, 0.717) is 41.9 Å². The van der Waals surface area contributed by atoms with Gasteiger partial charge < -0.3 is 46.3 Å². The number of carbonyl (C=O) groups is 7. The number of hydrogen-bond acceptors (Lipinski definition) is 9. The fourth-order valence-corrected chi connectivity index (χ4v) is 7.83. The highest BCUT2D eigenvalue weighted by molar-refractivity contribution is 5.98. The third-order valence-electron chi connectivity index (χ3n) is 10.7. The maximum Gasteiger partial charge on any atom is 0.255 e. The van der Waals surface area contributed by atoms with Gasteiger partial charge >= 0.3 is 0 Å². The van der Waals surface area contributed by atoms with Crippen molar-refractivity contribution in [1.82, 2.24) is 36.8 Å². The second-order valence-electron chi connectivity index (χ2n) is 15.8. The molecule has 56 heavy (non-hydrogen) atoms. The Morgan fingerprint density at radius 3 is 2.21 bits per heavy atom. The minimum absolute atomic E-state index is 0.00595. The number of hydrogen-bond donors (Lipinski definition) is 7. The van der Waals surface area contributed by atoms with Crippen molar-refractivity contribution in [2.24, 2.45) is 11.8 Å². The number of nitrogens with one attached hydrogen (secondary N) is 6. The molecular weight excluding hydrogens is 722 g/mol. The van der Waals surface area contributed by atoms with Gasteiger partial charge in [0, 0.05) is 25.0 Å². The molecule has 7 amide bonds. The molecular formula is C40H55N7O9. The topological polar surface area (TPSA) is 228 Å². The Hall–Kier alpha value is -5.25. The minimum Gasteiger partial charge on any atom is -0.466 e. The van der Waals surface area contributed by atoms with Crippen LogP contribution in [0.4, 0.5) is 0 Å². The summed E-state index contributed by atoms with van der Waals surface area (Å²) in [5.41, 5.74) is 0.982. The van der Waals surface area contributed by atoms with E-state index in [1.54, 1.807) is 50.2 Å². The summed E-state index contributed by atoms with van der Waals surface area (Å²) in [7, 11) is 0. The van der Waals surface area contributed by atoms with Gasteiger partial charge in [0.2, 0.25) is 35.4 Å². The summed E-state index contributed by atoms with van der Waals surface area (Å²) < 4.78 is 5.53. The van der Waals surface area contributed by atoms with Crippen LogP contribution in [0.1, 0.15) is 87.2 Å². The molecule has 3 fully saturated rings. The molecule has 0 bridgehead atoms. The SMILES string of the molecule is Cc1cc(C(=O)N[C@@H]2CC3C(=O)N[C@@H](C)C(=O)N[C@@H]4CCC[C@H]4C(=O)N[C@@H](CC(C)C)C(=O)N[C@@H]([C@@H](C)O)C(=O)N[C@@H](Cc4ccccc4)C(=O)N3C2)c(C)o1. The smallest absolute Gasteiger partial charge is 0.255 e. The maximum absolute atomic E-state index is 14.7. The molecule has 304 valence electrons. The van der Waals surface area contributed by atoms with Crippen LogP contribution in [0.5, 0.6) is 0 Å². The van der Waals surface area contributed by atoms with Crippen LogP contribution in [0.25, 0.3) is 0 Å². The molecule has 1 unspecified atom stereocenters. The zero-order valence-corrected chi connectivity index (χ0v) is 32.8. The summed E-state index contributed by atoms with van der Waals surface area (Å²) in [6.45, 7) is 9.84. The van der Waals surface area contributed by atoms with Crippen LogP contribution in [0.3, 0.4) is 0 Å². The molecule has 0 radical (unpaired) electrons. The third kappa shape index (κ3) is 10.1. The fourth-order valence-electron chi connectivity index (χ4n) is 7.83. The molecule has 5 rings (SSSR count). The molecule has 2 aromatic rings. The molecule has 7 N–H and O–H groups in total. The van der Waals surface area contributed by atoms with Gasteiger partial charge in [-0.1, -0.05) is 50.6 Å². The van der Waals surface area contributed by atoms with Gasteiger partial charge in [-0.25, -0.2) is 0 Å². The first-order valence-corrected chi connectivity index (χ1v) is 19.4. The summed E-state index contributed by atoms with van der Waals surface area (Å²) >= 11 is 0. The lowest BCUT2D eigenvalue weighted by atomic mass is 9.98. The predicted octanol–water partition coefficient (Wildman–Crippen LogP) is 0.523. The molecule has 3 aliphatic rings. The number of rotatable bonds is 7. The number of carbonyl (C=O) groups excluding carboxylic acids is 7. The second-order valence-corrected chi connectivity index (χ2v) is 15.8. The van der Waals surface area contributed by atoms with Gasteiger partial charge in [0.1, 0.15) is 41.7 Å². The Morgan fingerprint density at radius 1 is 0.875 bits per heavy atom. The van der Waals surface area contributed by atoms with Crippen molar-refractivity contribution >= 4 is 41.4 Å². The molecule has 3 heterocycles. The van der Waals surface area contributed by atoms with Crippen LogP contribution in [0.15, 0.2) is 40.8 Å². The summed E-state index contributed by atoms with van der Waals surface area (Å²) in [6.07, 6.45) is 0.389. The van der Waals surface area contributed by atoms with Crippen molar-refractivity contribution in [3.05, 3.63) is 59.0 Å². The number of aliphatic hydroxyl groups excluding tert-OH is 1. The zero-order valence-electron chi connectivity index (χ0n) is 32.8. The fraction of sp³-hybridized carbons (Fsp3) is 0.575. The Balaban J connectivity index is 1.52. The second kappa shape index (κ2) is 18.1. The largest absolute Gasteiger partial charge is 0.466 e. The van der Waals surface area contributed by atoms with Crippen LogP contribution in [-0.4, -0.2) is 106 Å². The first kappa shape index (κ1) is 41.9. The van der Waals surface area contributed by atoms with Gasteiger partial charge in [-0.2, -0.15) is 0 Å². The molecule has 2 aliphatic heterocycles. The maximum atomic E-state index is 14.7. The minimum atomic E-state index is -1.52. The van der Waals surface area contributed by atoms with E-state index >= 15 is 0 Å². The monoisotopic (exact) mass is 777 g/mol. The van der Waals surface area contributed by atoms with Gasteiger partial charge in [-0.15, -0.1) is 0 Å². The number of amides is 7. The lowest BCUT2D eigenvalue weighted by Crippen LogP contribution is -2.61. The Morgan fingerprint density at radius 2 is 1.57 bits per heavy atom. The molecule has 1 aromatic heterocycles. The van der Waals surface area contributed by atoms with E-state index in [1.165, 1.54) is 18.7 Å². The van der Waals surface area contributed by atoms with Crippen molar-refractivity contribution in [2.45, 2.75) is 128 Å². The summed E-state index contributed by atoms with van der Waals surface area (Å²) in [4.78, 5) is 98.4.